The third kappa shape index (κ3) is 3.03. The maximum absolute atomic E-state index is 5.90. The average molecular weight is 277 g/mol. The van der Waals surface area contributed by atoms with Crippen LogP contribution >= 0.6 is 0 Å². The minimum atomic E-state index is 0.0865. The monoisotopic (exact) mass is 277 g/mol. The van der Waals surface area contributed by atoms with Crippen LogP contribution in [0, 0.1) is 0 Å². The lowest BCUT2D eigenvalue weighted by Gasteiger charge is -2.02. The van der Waals surface area contributed by atoms with Gasteiger partial charge in [-0.05, 0) is 6.92 Å². The number of hydrogen-bond acceptors (Lipinski definition) is 2. The summed E-state index contributed by atoms with van der Waals surface area (Å²) in [6, 6.07) is 20.6. The summed E-state index contributed by atoms with van der Waals surface area (Å²) in [6.45, 7) is 1.99. The quantitative estimate of drug-likeness (QED) is 0.765. The highest BCUT2D eigenvalue weighted by atomic mass is 14.9. The molecule has 0 bridgehead atoms. The van der Waals surface area contributed by atoms with Gasteiger partial charge in [0.1, 0.15) is 5.82 Å². The second-order valence-corrected chi connectivity index (χ2v) is 5.32. The minimum Gasteiger partial charge on any atom is -0.341 e. The van der Waals surface area contributed by atoms with Gasteiger partial charge in [-0.2, -0.15) is 0 Å². The molecule has 1 aromatic heterocycles. The number of benzene rings is 2. The van der Waals surface area contributed by atoms with Gasteiger partial charge in [0.25, 0.3) is 0 Å². The Morgan fingerprint density at radius 1 is 0.952 bits per heavy atom. The van der Waals surface area contributed by atoms with Crippen molar-refractivity contribution < 1.29 is 0 Å². The molecule has 1 atom stereocenters. The first-order valence-electron chi connectivity index (χ1n) is 7.19. The molecule has 3 nitrogen and oxygen atoms in total. The van der Waals surface area contributed by atoms with Gasteiger partial charge in [-0.3, -0.25) is 0 Å². The summed E-state index contributed by atoms with van der Waals surface area (Å²) < 4.78 is 0. The zero-order chi connectivity index (χ0) is 14.7. The van der Waals surface area contributed by atoms with Crippen molar-refractivity contribution in [2.24, 2.45) is 5.73 Å². The fourth-order valence-electron chi connectivity index (χ4n) is 2.44. The molecule has 21 heavy (non-hydrogen) atoms. The van der Waals surface area contributed by atoms with E-state index >= 15 is 0 Å². The van der Waals surface area contributed by atoms with Gasteiger partial charge in [-0.25, -0.2) is 4.98 Å². The molecule has 2 aromatic carbocycles. The lowest BCUT2D eigenvalue weighted by atomic mass is 10.1. The first kappa shape index (κ1) is 13.6. The number of aromatic amines is 1. The first-order valence-corrected chi connectivity index (χ1v) is 7.19. The Morgan fingerprint density at radius 2 is 1.52 bits per heavy atom. The summed E-state index contributed by atoms with van der Waals surface area (Å²) in [7, 11) is 0. The van der Waals surface area contributed by atoms with Gasteiger partial charge >= 0.3 is 0 Å². The third-order valence-corrected chi connectivity index (χ3v) is 3.38. The number of nitrogens with zero attached hydrogens (tertiary/aromatic N) is 1. The molecule has 3 aromatic rings. The standard InChI is InChI=1S/C18H19N3/c1-13(19)12-16-20-17(14-8-4-2-5-9-14)18(21-16)15-10-6-3-7-11-15/h2-11,13H,12,19H2,1H3,(H,20,21). The van der Waals surface area contributed by atoms with E-state index in [2.05, 4.69) is 29.2 Å². The van der Waals surface area contributed by atoms with Crippen molar-refractivity contribution in [2.45, 2.75) is 19.4 Å². The molecule has 0 spiro atoms. The van der Waals surface area contributed by atoms with E-state index < -0.39 is 0 Å². The van der Waals surface area contributed by atoms with Gasteiger partial charge in [0.15, 0.2) is 0 Å². The van der Waals surface area contributed by atoms with Crippen LogP contribution in [0.4, 0.5) is 0 Å². The maximum Gasteiger partial charge on any atom is 0.108 e. The first-order chi connectivity index (χ1) is 10.2. The number of hydrogen-bond donors (Lipinski definition) is 2. The SMILES string of the molecule is CC(N)Cc1nc(-c2ccccc2)c(-c2ccccc2)[nH]1. The van der Waals surface area contributed by atoms with E-state index in [1.165, 1.54) is 0 Å². The molecule has 0 fully saturated rings. The normalized spacial score (nSPS) is 12.3. The van der Waals surface area contributed by atoms with E-state index in [0.717, 1.165) is 34.8 Å². The number of nitrogens with one attached hydrogen (secondary N) is 1. The van der Waals surface area contributed by atoms with Crippen LogP contribution in [0.15, 0.2) is 60.7 Å². The van der Waals surface area contributed by atoms with E-state index in [1.807, 2.05) is 43.3 Å². The van der Waals surface area contributed by atoms with Crippen LogP contribution in [0.3, 0.4) is 0 Å². The fourth-order valence-corrected chi connectivity index (χ4v) is 2.44. The van der Waals surface area contributed by atoms with E-state index in [1.54, 1.807) is 0 Å². The lowest BCUT2D eigenvalue weighted by molar-refractivity contribution is 0.710. The van der Waals surface area contributed by atoms with Crippen LogP contribution in [-0.4, -0.2) is 16.0 Å². The lowest BCUT2D eigenvalue weighted by Crippen LogP contribution is -2.18. The van der Waals surface area contributed by atoms with Gasteiger partial charge in [-0.1, -0.05) is 60.7 Å². The van der Waals surface area contributed by atoms with Crippen molar-refractivity contribution in [1.82, 2.24) is 9.97 Å². The Bertz CT molecular complexity index is 643. The van der Waals surface area contributed by atoms with E-state index in [0.29, 0.717) is 0 Å². The number of aromatic nitrogens is 2. The topological polar surface area (TPSA) is 54.7 Å². The van der Waals surface area contributed by atoms with Crippen LogP contribution in [-0.2, 0) is 6.42 Å². The molecule has 0 amide bonds. The Labute approximate surface area is 124 Å². The number of nitrogens with two attached hydrogens (primary N) is 1. The van der Waals surface area contributed by atoms with Crippen molar-refractivity contribution >= 4 is 0 Å². The Morgan fingerprint density at radius 3 is 2.10 bits per heavy atom. The Kier molecular flexibility index (Phi) is 3.84. The predicted molar refractivity (Wildman–Crippen MR) is 86.8 cm³/mol. The molecule has 3 heteroatoms. The summed E-state index contributed by atoms with van der Waals surface area (Å²) >= 11 is 0. The molecule has 1 heterocycles. The van der Waals surface area contributed by atoms with E-state index in [9.17, 15) is 0 Å². The molecule has 3 N–H and O–H groups in total. The van der Waals surface area contributed by atoms with Crippen LogP contribution in [0.25, 0.3) is 22.5 Å². The van der Waals surface area contributed by atoms with E-state index in [-0.39, 0.29) is 6.04 Å². The predicted octanol–water partition coefficient (Wildman–Crippen LogP) is 3.63. The van der Waals surface area contributed by atoms with Crippen LogP contribution in [0.1, 0.15) is 12.7 Å². The van der Waals surface area contributed by atoms with Crippen molar-refractivity contribution in [3.05, 3.63) is 66.5 Å². The van der Waals surface area contributed by atoms with Gasteiger partial charge in [-0.15, -0.1) is 0 Å². The molecule has 0 saturated heterocycles. The molecule has 0 aliphatic rings. The van der Waals surface area contributed by atoms with Crippen LogP contribution in [0.2, 0.25) is 0 Å². The Balaban J connectivity index is 2.11. The molecule has 3 rings (SSSR count). The van der Waals surface area contributed by atoms with Crippen LogP contribution < -0.4 is 5.73 Å². The molecular weight excluding hydrogens is 258 g/mol. The molecule has 0 radical (unpaired) electrons. The van der Waals surface area contributed by atoms with Gasteiger partial charge in [0.2, 0.25) is 0 Å². The Hall–Kier alpha value is -2.39. The van der Waals surface area contributed by atoms with Crippen molar-refractivity contribution in [1.29, 1.82) is 0 Å². The summed E-state index contributed by atoms with van der Waals surface area (Å²) in [5, 5.41) is 0. The second kappa shape index (κ2) is 5.94. The highest BCUT2D eigenvalue weighted by Gasteiger charge is 2.14. The molecule has 1 unspecified atom stereocenters. The molecule has 0 aliphatic carbocycles. The van der Waals surface area contributed by atoms with Crippen molar-refractivity contribution in [3.63, 3.8) is 0 Å². The van der Waals surface area contributed by atoms with E-state index in [4.69, 9.17) is 10.7 Å². The number of H-pyrrole nitrogens is 1. The molecule has 0 aliphatic heterocycles. The molecular formula is C18H19N3. The van der Waals surface area contributed by atoms with Crippen LogP contribution in [0.5, 0.6) is 0 Å². The minimum absolute atomic E-state index is 0.0865. The summed E-state index contributed by atoms with van der Waals surface area (Å²) in [6.07, 6.45) is 0.743. The van der Waals surface area contributed by atoms with Crippen molar-refractivity contribution in [2.75, 3.05) is 0 Å². The summed E-state index contributed by atoms with van der Waals surface area (Å²) in [5.74, 6) is 0.933. The zero-order valence-corrected chi connectivity index (χ0v) is 12.1. The van der Waals surface area contributed by atoms with Gasteiger partial charge in [0, 0.05) is 23.6 Å². The van der Waals surface area contributed by atoms with Gasteiger partial charge < -0.3 is 10.7 Å². The maximum atomic E-state index is 5.90. The van der Waals surface area contributed by atoms with Gasteiger partial charge in [0.05, 0.1) is 11.4 Å². The summed E-state index contributed by atoms with van der Waals surface area (Å²) in [4.78, 5) is 8.20. The molecule has 106 valence electrons. The number of imidazole rings is 1. The average Bonchev–Trinajstić information content (AvgIpc) is 2.92. The largest absolute Gasteiger partial charge is 0.341 e. The molecule has 0 saturated carbocycles. The smallest absolute Gasteiger partial charge is 0.108 e. The highest BCUT2D eigenvalue weighted by Crippen LogP contribution is 2.30. The number of rotatable bonds is 4. The summed E-state index contributed by atoms with van der Waals surface area (Å²) in [5.41, 5.74) is 10.2. The third-order valence-electron chi connectivity index (χ3n) is 3.38. The zero-order valence-electron chi connectivity index (χ0n) is 12.1. The van der Waals surface area contributed by atoms with Crippen molar-refractivity contribution in [3.8, 4) is 22.5 Å². The highest BCUT2D eigenvalue weighted by molar-refractivity contribution is 5.78. The second-order valence-electron chi connectivity index (χ2n) is 5.32. The fraction of sp³-hybridized carbons (Fsp3) is 0.167.